The van der Waals surface area contributed by atoms with Crippen LogP contribution >= 0.6 is 0 Å². The lowest BCUT2D eigenvalue weighted by molar-refractivity contribution is -0.298. The van der Waals surface area contributed by atoms with Crippen LogP contribution in [0.25, 0.3) is 0 Å². The second kappa shape index (κ2) is 10.3. The van der Waals surface area contributed by atoms with Crippen molar-refractivity contribution < 1.29 is 57.3 Å². The van der Waals surface area contributed by atoms with Crippen molar-refractivity contribution in [2.24, 2.45) is 0 Å². The molecule has 1 saturated heterocycles. The van der Waals surface area contributed by atoms with Crippen LogP contribution in [-0.2, 0) is 47.5 Å². The van der Waals surface area contributed by atoms with Crippen molar-refractivity contribution in [3.63, 3.8) is 0 Å². The Hall–Kier alpha value is -1.33. The summed E-state index contributed by atoms with van der Waals surface area (Å²) in [4.78, 5) is -0.222. The third-order valence-corrected chi connectivity index (χ3v) is 6.92. The van der Waals surface area contributed by atoms with Crippen LogP contribution < -0.4 is 0 Å². The van der Waals surface area contributed by atoms with E-state index in [-0.39, 0.29) is 4.90 Å². The Kier molecular flexibility index (Phi) is 8.66. The summed E-state index contributed by atoms with van der Waals surface area (Å²) in [5, 5.41) is 0. The summed E-state index contributed by atoms with van der Waals surface area (Å²) < 4.78 is 117. The van der Waals surface area contributed by atoms with Crippen LogP contribution in [0.5, 0.6) is 0 Å². The van der Waals surface area contributed by atoms with Crippen LogP contribution in [0.3, 0.4) is 0 Å². The molecule has 0 spiro atoms. The molecule has 1 heterocycles. The highest BCUT2D eigenvalue weighted by molar-refractivity contribution is 7.87. The van der Waals surface area contributed by atoms with E-state index in [0.29, 0.717) is 0 Å². The van der Waals surface area contributed by atoms with Gasteiger partial charge >= 0.3 is 15.6 Å². The quantitative estimate of drug-likeness (QED) is 0.357. The Balaban J connectivity index is 2.35. The molecule has 2 rings (SSSR count). The number of ether oxygens (including phenoxy) is 4. The zero-order valence-electron chi connectivity index (χ0n) is 17.4. The van der Waals surface area contributed by atoms with Gasteiger partial charge in [0.05, 0.1) is 11.5 Å². The van der Waals surface area contributed by atoms with Crippen molar-refractivity contribution in [3.05, 3.63) is 29.8 Å². The third kappa shape index (κ3) is 5.96. The van der Waals surface area contributed by atoms with E-state index in [9.17, 15) is 30.0 Å². The van der Waals surface area contributed by atoms with Crippen molar-refractivity contribution in [1.82, 2.24) is 0 Å². The largest absolute Gasteiger partial charge is 0.523 e. The normalized spacial score (nSPS) is 27.4. The van der Waals surface area contributed by atoms with E-state index in [1.165, 1.54) is 38.5 Å². The number of benzene rings is 1. The topological polar surface area (TPSA) is 124 Å². The van der Waals surface area contributed by atoms with E-state index in [4.69, 9.17) is 23.1 Å². The van der Waals surface area contributed by atoms with E-state index in [0.717, 1.165) is 12.7 Å². The molecular formula is C17H23F3O10S2. The molecule has 1 aliphatic rings. The van der Waals surface area contributed by atoms with Gasteiger partial charge in [-0.1, -0.05) is 17.7 Å². The van der Waals surface area contributed by atoms with Crippen LogP contribution in [0, 0.1) is 6.92 Å². The molecule has 1 aromatic carbocycles. The lowest BCUT2D eigenvalue weighted by Crippen LogP contribution is -2.62. The molecule has 10 nitrogen and oxygen atoms in total. The average Bonchev–Trinajstić information content (AvgIpc) is 2.71. The van der Waals surface area contributed by atoms with Crippen molar-refractivity contribution in [3.8, 4) is 0 Å². The molecule has 1 aliphatic heterocycles. The summed E-state index contributed by atoms with van der Waals surface area (Å²) in [7, 11) is -7.03. The Morgan fingerprint density at radius 1 is 0.906 bits per heavy atom. The molecule has 0 saturated carbocycles. The van der Waals surface area contributed by atoms with Gasteiger partial charge in [-0.2, -0.15) is 30.0 Å². The second-order valence-corrected chi connectivity index (χ2v) is 9.87. The highest BCUT2D eigenvalue weighted by atomic mass is 32.2. The SMILES string of the molecule is CO[C@H]1O[C@H](COS(=O)(=O)c2ccc(C)cc2)[C@@H](OS(=O)(=O)C(F)(F)F)[C@H](OC)[C@H]1OC. The molecular weight excluding hydrogens is 485 g/mol. The number of hydrogen-bond acceptors (Lipinski definition) is 10. The molecule has 1 aromatic rings. The van der Waals surface area contributed by atoms with Gasteiger partial charge < -0.3 is 18.9 Å². The first-order valence-corrected chi connectivity index (χ1v) is 11.8. The highest BCUT2D eigenvalue weighted by Crippen LogP contribution is 2.33. The van der Waals surface area contributed by atoms with Crippen molar-refractivity contribution >= 4 is 20.2 Å². The summed E-state index contributed by atoms with van der Waals surface area (Å²) in [6, 6.07) is 5.57. The lowest BCUT2D eigenvalue weighted by atomic mass is 9.99. The Morgan fingerprint density at radius 2 is 1.47 bits per heavy atom. The number of methoxy groups -OCH3 is 3. The van der Waals surface area contributed by atoms with E-state index in [1.54, 1.807) is 6.92 Å². The maximum atomic E-state index is 12.9. The van der Waals surface area contributed by atoms with Gasteiger partial charge in [-0.25, -0.2) is 0 Å². The van der Waals surface area contributed by atoms with Crippen LogP contribution in [0.4, 0.5) is 13.2 Å². The van der Waals surface area contributed by atoms with E-state index in [1.807, 2.05) is 0 Å². The summed E-state index contributed by atoms with van der Waals surface area (Å²) in [5.41, 5.74) is -4.97. The minimum absolute atomic E-state index is 0.222. The van der Waals surface area contributed by atoms with Crippen LogP contribution in [0.1, 0.15) is 5.56 Å². The Labute approximate surface area is 183 Å². The molecule has 15 heteroatoms. The summed E-state index contributed by atoms with van der Waals surface area (Å²) >= 11 is 0. The fraction of sp³-hybridized carbons (Fsp3) is 0.647. The van der Waals surface area contributed by atoms with Crippen molar-refractivity contribution in [2.75, 3.05) is 27.9 Å². The molecule has 0 amide bonds. The monoisotopic (exact) mass is 508 g/mol. The minimum atomic E-state index is -6.10. The van der Waals surface area contributed by atoms with Gasteiger partial charge in [0, 0.05) is 21.3 Å². The molecule has 0 radical (unpaired) electrons. The molecule has 0 N–H and O–H groups in total. The van der Waals surface area contributed by atoms with E-state index in [2.05, 4.69) is 4.18 Å². The predicted octanol–water partition coefficient (Wildman–Crippen LogP) is 1.34. The number of halogens is 3. The van der Waals surface area contributed by atoms with Crippen LogP contribution in [0.2, 0.25) is 0 Å². The minimum Gasteiger partial charge on any atom is -0.376 e. The number of rotatable bonds is 9. The Bertz CT molecular complexity index is 963. The average molecular weight is 508 g/mol. The second-order valence-electron chi connectivity index (χ2n) is 6.69. The standard InChI is InChI=1S/C17H23F3O10S2/c1-10-5-7-11(8-6-10)31(21,22)28-9-12-13(30-32(23,24)17(18,19)20)14(25-2)15(26-3)16(27-4)29-12/h5-8,12-16H,9H2,1-4H3/t12-,13-,14+,15-,16+/m1/s1. The molecule has 0 aliphatic carbocycles. The fourth-order valence-electron chi connectivity index (χ4n) is 2.96. The molecule has 32 heavy (non-hydrogen) atoms. The first-order valence-electron chi connectivity index (χ1n) is 8.97. The first kappa shape index (κ1) is 26.9. The van der Waals surface area contributed by atoms with Gasteiger partial charge in [-0.15, -0.1) is 0 Å². The van der Waals surface area contributed by atoms with Gasteiger partial charge in [0.15, 0.2) is 6.29 Å². The zero-order valence-corrected chi connectivity index (χ0v) is 19.1. The number of aryl methyl sites for hydroxylation is 1. The number of alkyl halides is 3. The Morgan fingerprint density at radius 3 is 1.94 bits per heavy atom. The van der Waals surface area contributed by atoms with E-state index >= 15 is 0 Å². The van der Waals surface area contributed by atoms with Gasteiger partial charge in [-0.05, 0) is 19.1 Å². The fourth-order valence-corrected chi connectivity index (χ4v) is 4.52. The summed E-state index contributed by atoms with van der Waals surface area (Å²) in [6.07, 6.45) is -7.55. The van der Waals surface area contributed by atoms with Crippen molar-refractivity contribution in [2.45, 2.75) is 48.0 Å². The van der Waals surface area contributed by atoms with Gasteiger partial charge in [0.25, 0.3) is 10.1 Å². The summed E-state index contributed by atoms with van der Waals surface area (Å²) in [6.45, 7) is 0.836. The van der Waals surface area contributed by atoms with Crippen LogP contribution in [0.15, 0.2) is 29.2 Å². The maximum absolute atomic E-state index is 12.9. The first-order chi connectivity index (χ1) is 14.8. The van der Waals surface area contributed by atoms with Gasteiger partial charge in [-0.3, -0.25) is 8.37 Å². The van der Waals surface area contributed by atoms with Crippen LogP contribution in [-0.4, -0.2) is 81.0 Å². The molecule has 184 valence electrons. The molecule has 1 fully saturated rings. The third-order valence-electron chi connectivity index (χ3n) is 4.59. The number of hydrogen-bond donors (Lipinski definition) is 0. The lowest BCUT2D eigenvalue weighted by Gasteiger charge is -2.43. The maximum Gasteiger partial charge on any atom is 0.523 e. The van der Waals surface area contributed by atoms with E-state index < -0.39 is 63.1 Å². The highest BCUT2D eigenvalue weighted by Gasteiger charge is 2.55. The summed E-state index contributed by atoms with van der Waals surface area (Å²) in [5.74, 6) is 0. The molecule has 0 unspecified atom stereocenters. The van der Waals surface area contributed by atoms with Gasteiger partial charge in [0.1, 0.15) is 24.4 Å². The molecule has 0 aromatic heterocycles. The smallest absolute Gasteiger partial charge is 0.376 e. The molecule has 5 atom stereocenters. The predicted molar refractivity (Wildman–Crippen MR) is 101 cm³/mol. The zero-order chi connectivity index (χ0) is 24.3. The van der Waals surface area contributed by atoms with Crippen molar-refractivity contribution in [1.29, 1.82) is 0 Å². The van der Waals surface area contributed by atoms with Gasteiger partial charge in [0.2, 0.25) is 0 Å². The molecule has 0 bridgehead atoms.